The number of benzene rings is 1. The van der Waals surface area contributed by atoms with Crippen molar-refractivity contribution in [3.8, 4) is 5.75 Å². The van der Waals surface area contributed by atoms with E-state index in [1.54, 1.807) is 12.0 Å². The predicted molar refractivity (Wildman–Crippen MR) is 92.2 cm³/mol. The second kappa shape index (κ2) is 6.84. The van der Waals surface area contributed by atoms with Gasteiger partial charge in [-0.1, -0.05) is 17.8 Å². The molecule has 2 fully saturated rings. The molecule has 128 valence electrons. The van der Waals surface area contributed by atoms with Crippen molar-refractivity contribution in [3.63, 3.8) is 0 Å². The summed E-state index contributed by atoms with van der Waals surface area (Å²) in [4.78, 5) is 38.0. The topological polar surface area (TPSA) is 75.7 Å². The molecule has 2 atom stereocenters. The molecule has 2 aliphatic heterocycles. The lowest BCUT2D eigenvalue weighted by atomic mass is 10.1. The van der Waals surface area contributed by atoms with E-state index in [-0.39, 0.29) is 23.4 Å². The molecule has 0 saturated carbocycles. The zero-order valence-electron chi connectivity index (χ0n) is 13.7. The third-order valence-corrected chi connectivity index (χ3v) is 5.38. The second-order valence-corrected chi connectivity index (χ2v) is 7.20. The number of carbonyl (C=O) groups is 3. The molecule has 0 aliphatic carbocycles. The van der Waals surface area contributed by atoms with E-state index in [4.69, 9.17) is 4.74 Å². The van der Waals surface area contributed by atoms with Gasteiger partial charge in [-0.2, -0.15) is 0 Å². The monoisotopic (exact) mass is 348 g/mol. The summed E-state index contributed by atoms with van der Waals surface area (Å²) in [6, 6.07) is 5.20. The lowest BCUT2D eigenvalue weighted by molar-refractivity contribution is -0.128. The van der Waals surface area contributed by atoms with Crippen LogP contribution in [0.3, 0.4) is 0 Å². The summed E-state index contributed by atoms with van der Waals surface area (Å²) >= 11 is 1.25. The van der Waals surface area contributed by atoms with Crippen LogP contribution in [0.25, 0.3) is 0 Å². The Kier molecular flexibility index (Phi) is 4.80. The van der Waals surface area contributed by atoms with Gasteiger partial charge in [-0.25, -0.2) is 0 Å². The predicted octanol–water partition coefficient (Wildman–Crippen LogP) is 1.50. The largest absolute Gasteiger partial charge is 0.495 e. The number of rotatable bonds is 4. The highest BCUT2D eigenvalue weighted by Gasteiger charge is 2.38. The van der Waals surface area contributed by atoms with Gasteiger partial charge in [0.05, 0.1) is 24.8 Å². The molecule has 0 aromatic heterocycles. The van der Waals surface area contributed by atoms with Gasteiger partial charge < -0.3 is 15.0 Å². The van der Waals surface area contributed by atoms with Crippen molar-refractivity contribution in [1.29, 1.82) is 0 Å². The van der Waals surface area contributed by atoms with Crippen LogP contribution in [0.2, 0.25) is 0 Å². The first-order valence-corrected chi connectivity index (χ1v) is 8.90. The molecule has 1 aromatic carbocycles. The van der Waals surface area contributed by atoms with Gasteiger partial charge in [0.2, 0.25) is 16.9 Å². The van der Waals surface area contributed by atoms with Gasteiger partial charge in [0, 0.05) is 18.7 Å². The number of hydrogen-bond acceptors (Lipinski definition) is 5. The Hall–Kier alpha value is -2.02. The fourth-order valence-electron chi connectivity index (χ4n) is 3.04. The zero-order valence-corrected chi connectivity index (χ0v) is 14.5. The summed E-state index contributed by atoms with van der Waals surface area (Å²) in [6.45, 7) is 2.25. The van der Waals surface area contributed by atoms with E-state index in [0.717, 1.165) is 11.3 Å². The molecule has 1 N–H and O–H groups in total. The van der Waals surface area contributed by atoms with Gasteiger partial charge in [0.15, 0.2) is 0 Å². The maximum absolute atomic E-state index is 12.4. The van der Waals surface area contributed by atoms with Crippen LogP contribution in [-0.2, 0) is 14.4 Å². The van der Waals surface area contributed by atoms with Gasteiger partial charge in [0.1, 0.15) is 5.75 Å². The van der Waals surface area contributed by atoms with Crippen LogP contribution in [0.15, 0.2) is 18.2 Å². The van der Waals surface area contributed by atoms with Crippen LogP contribution >= 0.6 is 11.8 Å². The van der Waals surface area contributed by atoms with Crippen molar-refractivity contribution < 1.29 is 19.1 Å². The van der Waals surface area contributed by atoms with Crippen molar-refractivity contribution in [2.45, 2.75) is 25.8 Å². The van der Waals surface area contributed by atoms with Crippen LogP contribution in [-0.4, -0.2) is 42.4 Å². The minimum Gasteiger partial charge on any atom is -0.495 e. The average Bonchev–Trinajstić information content (AvgIpc) is 3.13. The first-order valence-electron chi connectivity index (χ1n) is 7.91. The zero-order chi connectivity index (χ0) is 17.3. The molecule has 2 aliphatic rings. The molecule has 0 bridgehead atoms. The number of hydrogen-bond donors (Lipinski definition) is 1. The first kappa shape index (κ1) is 16.8. The molecule has 2 heterocycles. The number of nitrogens with one attached hydrogen (secondary N) is 1. The quantitative estimate of drug-likeness (QED) is 0.892. The van der Waals surface area contributed by atoms with Crippen molar-refractivity contribution in [3.05, 3.63) is 23.8 Å². The number of carbonyl (C=O) groups excluding carboxylic acids is 3. The average molecular weight is 348 g/mol. The van der Waals surface area contributed by atoms with Gasteiger partial charge in [-0.15, -0.1) is 0 Å². The van der Waals surface area contributed by atoms with E-state index >= 15 is 0 Å². The summed E-state index contributed by atoms with van der Waals surface area (Å²) in [6.07, 6.45) is 0.808. The molecule has 2 saturated heterocycles. The lowest BCUT2D eigenvalue weighted by Crippen LogP contribution is -2.41. The number of thioether (sulfide) groups is 1. The molecule has 24 heavy (non-hydrogen) atoms. The lowest BCUT2D eigenvalue weighted by Gasteiger charge is -2.20. The highest BCUT2D eigenvalue weighted by Crippen LogP contribution is 2.34. The normalized spacial score (nSPS) is 23.7. The Morgan fingerprint density at radius 1 is 1.38 bits per heavy atom. The van der Waals surface area contributed by atoms with Crippen molar-refractivity contribution in [2.24, 2.45) is 5.92 Å². The number of anilines is 1. The molecule has 1 aromatic rings. The first-order chi connectivity index (χ1) is 11.5. The van der Waals surface area contributed by atoms with Crippen LogP contribution in [0.1, 0.15) is 18.4 Å². The standard InChI is InChI=1S/C17H20N2O4S/c1-10-3-4-14(23-2)13(7-10)19-9-11(8-15(19)20)16(21)18-12-5-6-24-17(12)22/h3-4,7,11-12H,5-6,8-9H2,1-2H3,(H,18,21). The second-order valence-electron chi connectivity index (χ2n) is 6.10. The van der Waals surface area contributed by atoms with E-state index < -0.39 is 12.0 Å². The van der Waals surface area contributed by atoms with Gasteiger partial charge in [0.25, 0.3) is 0 Å². The summed E-state index contributed by atoms with van der Waals surface area (Å²) in [5, 5.41) is 2.79. The maximum Gasteiger partial charge on any atom is 0.227 e. The van der Waals surface area contributed by atoms with Crippen LogP contribution in [0, 0.1) is 12.8 Å². The van der Waals surface area contributed by atoms with Crippen LogP contribution in [0.5, 0.6) is 5.75 Å². The number of nitrogens with zero attached hydrogens (tertiary/aromatic N) is 1. The van der Waals surface area contributed by atoms with Crippen LogP contribution < -0.4 is 15.0 Å². The third kappa shape index (κ3) is 3.26. The van der Waals surface area contributed by atoms with Gasteiger partial charge in [-0.3, -0.25) is 14.4 Å². The van der Waals surface area contributed by atoms with Crippen molar-refractivity contribution in [1.82, 2.24) is 5.32 Å². The third-order valence-electron chi connectivity index (χ3n) is 4.37. The van der Waals surface area contributed by atoms with Gasteiger partial charge >= 0.3 is 0 Å². The highest BCUT2D eigenvalue weighted by atomic mass is 32.2. The smallest absolute Gasteiger partial charge is 0.227 e. The van der Waals surface area contributed by atoms with E-state index in [1.165, 1.54) is 11.8 Å². The van der Waals surface area contributed by atoms with Crippen molar-refractivity contribution >= 4 is 34.4 Å². The van der Waals surface area contributed by atoms with Crippen molar-refractivity contribution in [2.75, 3.05) is 24.3 Å². The van der Waals surface area contributed by atoms with E-state index in [9.17, 15) is 14.4 Å². The number of amides is 2. The summed E-state index contributed by atoms with van der Waals surface area (Å²) in [5.74, 6) is 0.572. The maximum atomic E-state index is 12.4. The Balaban J connectivity index is 1.73. The van der Waals surface area contributed by atoms with Gasteiger partial charge in [-0.05, 0) is 31.0 Å². The number of aryl methyl sites for hydroxylation is 1. The minimum absolute atomic E-state index is 0.00452. The molecule has 3 rings (SSSR count). The van der Waals surface area contributed by atoms with E-state index in [2.05, 4.69) is 5.32 Å². The van der Waals surface area contributed by atoms with E-state index in [1.807, 2.05) is 25.1 Å². The highest BCUT2D eigenvalue weighted by molar-refractivity contribution is 8.14. The fourth-order valence-corrected chi connectivity index (χ4v) is 3.98. The molecular weight excluding hydrogens is 328 g/mol. The molecule has 0 spiro atoms. The summed E-state index contributed by atoms with van der Waals surface area (Å²) in [5.41, 5.74) is 1.70. The molecule has 2 amide bonds. The Labute approximate surface area is 144 Å². The SMILES string of the molecule is COc1ccc(C)cc1N1CC(C(=O)NC2CCSC2=O)CC1=O. The number of ether oxygens (including phenoxy) is 1. The molecule has 7 heteroatoms. The summed E-state index contributed by atoms with van der Waals surface area (Å²) < 4.78 is 5.34. The Morgan fingerprint density at radius 2 is 2.17 bits per heavy atom. The Morgan fingerprint density at radius 3 is 2.83 bits per heavy atom. The summed E-state index contributed by atoms with van der Waals surface area (Å²) in [7, 11) is 1.56. The molecular formula is C17H20N2O4S. The minimum atomic E-state index is -0.443. The molecule has 6 nitrogen and oxygen atoms in total. The number of methoxy groups -OCH3 is 1. The van der Waals surface area contributed by atoms with Crippen LogP contribution in [0.4, 0.5) is 5.69 Å². The molecule has 0 radical (unpaired) electrons. The molecule has 2 unspecified atom stereocenters. The Bertz CT molecular complexity index is 691. The van der Waals surface area contributed by atoms with E-state index in [0.29, 0.717) is 24.4 Å². The fraction of sp³-hybridized carbons (Fsp3) is 0.471.